The van der Waals surface area contributed by atoms with Crippen molar-refractivity contribution >= 4 is 39.2 Å². The highest BCUT2D eigenvalue weighted by Crippen LogP contribution is 2.38. The number of hydrogen-bond donors (Lipinski definition) is 1. The summed E-state index contributed by atoms with van der Waals surface area (Å²) in [6, 6.07) is 9.83. The van der Waals surface area contributed by atoms with Gasteiger partial charge in [-0.15, -0.1) is 0 Å². The molecule has 0 unspecified atom stereocenters. The Morgan fingerprint density at radius 3 is 1.94 bits per heavy atom. The number of hydrazone groups is 1. The molecule has 0 spiro atoms. The molecule has 10 heteroatoms. The van der Waals surface area contributed by atoms with E-state index in [4.69, 9.17) is 19.0 Å². The van der Waals surface area contributed by atoms with E-state index in [0.717, 1.165) is 4.47 Å². The van der Waals surface area contributed by atoms with E-state index < -0.39 is 5.97 Å². The van der Waals surface area contributed by atoms with Crippen LogP contribution < -0.4 is 19.6 Å². The maximum absolute atomic E-state index is 12.4. The van der Waals surface area contributed by atoms with E-state index >= 15 is 0 Å². The number of carbonyl (C=O) groups excluding carboxylic acids is 2. The lowest BCUT2D eigenvalue weighted by Gasteiger charge is -2.13. The summed E-state index contributed by atoms with van der Waals surface area (Å²) < 4.78 is 16.6. The zero-order valence-corrected chi connectivity index (χ0v) is 19.6. The first kappa shape index (κ1) is 23.7. The van der Waals surface area contributed by atoms with E-state index in [1.165, 1.54) is 33.5 Å². The molecule has 0 aromatic heterocycles. The van der Waals surface area contributed by atoms with Crippen LogP contribution in [-0.2, 0) is 4.84 Å². The number of nitrogens with one attached hydrogen (secondary N) is 1. The number of amides is 1. The number of halogens is 1. The fourth-order valence-corrected chi connectivity index (χ4v) is 2.98. The van der Waals surface area contributed by atoms with E-state index in [-0.39, 0.29) is 11.5 Å². The van der Waals surface area contributed by atoms with Crippen molar-refractivity contribution in [1.82, 2.24) is 5.43 Å². The molecule has 1 N–H and O–H groups in total. The second-order valence-electron chi connectivity index (χ2n) is 6.46. The SMILES string of the molecule is COc1cc(C(=O)ON=C2C=CC(=NNC(=O)c3ccc(Br)cc3)C=C2)cc(OC)c1OC. The van der Waals surface area contributed by atoms with Crippen LogP contribution in [-0.4, -0.2) is 44.6 Å². The van der Waals surface area contributed by atoms with E-state index in [2.05, 4.69) is 31.6 Å². The molecule has 170 valence electrons. The molecule has 0 bridgehead atoms. The monoisotopic (exact) mass is 513 g/mol. The van der Waals surface area contributed by atoms with Crippen molar-refractivity contribution in [3.05, 3.63) is 76.3 Å². The highest BCUT2D eigenvalue weighted by molar-refractivity contribution is 9.10. The second kappa shape index (κ2) is 11.1. The molecule has 0 atom stereocenters. The van der Waals surface area contributed by atoms with Crippen LogP contribution >= 0.6 is 15.9 Å². The molecule has 1 aliphatic carbocycles. The van der Waals surface area contributed by atoms with Gasteiger partial charge in [-0.2, -0.15) is 5.10 Å². The zero-order valence-electron chi connectivity index (χ0n) is 18.0. The molecule has 1 aliphatic rings. The fourth-order valence-electron chi connectivity index (χ4n) is 2.71. The number of rotatable bonds is 7. The van der Waals surface area contributed by atoms with Crippen LogP contribution in [0.3, 0.4) is 0 Å². The maximum Gasteiger partial charge on any atom is 0.366 e. The number of methoxy groups -OCH3 is 3. The van der Waals surface area contributed by atoms with Gasteiger partial charge in [-0.3, -0.25) is 4.79 Å². The van der Waals surface area contributed by atoms with Crippen LogP contribution in [0.4, 0.5) is 0 Å². The summed E-state index contributed by atoms with van der Waals surface area (Å²) in [7, 11) is 4.37. The van der Waals surface area contributed by atoms with Crippen molar-refractivity contribution in [2.75, 3.05) is 21.3 Å². The Balaban J connectivity index is 1.62. The van der Waals surface area contributed by atoms with Crippen LogP contribution in [0.15, 0.2) is 75.4 Å². The molecule has 9 nitrogen and oxygen atoms in total. The van der Waals surface area contributed by atoms with Crippen LogP contribution in [0.1, 0.15) is 20.7 Å². The lowest BCUT2D eigenvalue weighted by atomic mass is 10.1. The standard InChI is InChI=1S/C23H20BrN3O6/c1-30-19-12-15(13-20(31-2)21(19)32-3)23(29)33-27-18-10-8-17(9-11-18)25-26-22(28)14-4-6-16(24)7-5-14/h4-13H,1-3H3,(H,26,28). The zero-order chi connectivity index (χ0) is 23.8. The molecule has 2 aromatic rings. The van der Waals surface area contributed by atoms with E-state index in [0.29, 0.717) is 34.2 Å². The minimum atomic E-state index is -0.704. The molecule has 0 saturated heterocycles. The van der Waals surface area contributed by atoms with Crippen LogP contribution in [0.5, 0.6) is 17.2 Å². The lowest BCUT2D eigenvalue weighted by molar-refractivity contribution is 0.0516. The molecule has 3 rings (SSSR count). The van der Waals surface area contributed by atoms with Gasteiger partial charge in [-0.05, 0) is 60.7 Å². The third-order valence-corrected chi connectivity index (χ3v) is 4.91. The van der Waals surface area contributed by atoms with Gasteiger partial charge in [0.05, 0.1) is 32.6 Å². The number of ether oxygens (including phenoxy) is 3. The number of hydrogen-bond acceptors (Lipinski definition) is 8. The Labute approximate surface area is 198 Å². The topological polar surface area (TPSA) is 108 Å². The van der Waals surface area contributed by atoms with Gasteiger partial charge < -0.3 is 19.0 Å². The number of allylic oxidation sites excluding steroid dienone is 4. The van der Waals surface area contributed by atoms with E-state index in [1.54, 1.807) is 48.6 Å². The molecule has 0 heterocycles. The minimum Gasteiger partial charge on any atom is -0.493 e. The Kier molecular flexibility index (Phi) is 7.98. The third kappa shape index (κ3) is 6.07. The van der Waals surface area contributed by atoms with E-state index in [1.807, 2.05) is 0 Å². The molecule has 0 radical (unpaired) electrons. The Hall–Kier alpha value is -3.92. The first-order valence-corrected chi connectivity index (χ1v) is 10.3. The first-order chi connectivity index (χ1) is 15.9. The fraction of sp³-hybridized carbons (Fsp3) is 0.130. The van der Waals surface area contributed by atoms with Gasteiger partial charge in [0.15, 0.2) is 11.5 Å². The molecule has 0 saturated carbocycles. The number of benzene rings is 2. The number of oxime groups is 1. The first-order valence-electron chi connectivity index (χ1n) is 9.54. The molecule has 1 amide bonds. The smallest absolute Gasteiger partial charge is 0.366 e. The predicted molar refractivity (Wildman–Crippen MR) is 126 cm³/mol. The number of carbonyl (C=O) groups is 2. The molecule has 0 fully saturated rings. The van der Waals surface area contributed by atoms with Crippen molar-refractivity contribution in [2.24, 2.45) is 10.3 Å². The highest BCUT2D eigenvalue weighted by atomic mass is 79.9. The van der Waals surface area contributed by atoms with E-state index in [9.17, 15) is 9.59 Å². The average Bonchev–Trinajstić information content (AvgIpc) is 2.85. The molecular weight excluding hydrogens is 494 g/mol. The van der Waals surface area contributed by atoms with Gasteiger partial charge >= 0.3 is 5.97 Å². The van der Waals surface area contributed by atoms with Crippen molar-refractivity contribution in [2.45, 2.75) is 0 Å². The maximum atomic E-state index is 12.4. The molecule has 33 heavy (non-hydrogen) atoms. The van der Waals surface area contributed by atoms with Gasteiger partial charge in [0.2, 0.25) is 5.75 Å². The largest absolute Gasteiger partial charge is 0.493 e. The third-order valence-electron chi connectivity index (χ3n) is 4.38. The molecule has 2 aromatic carbocycles. The molecule has 0 aliphatic heterocycles. The highest BCUT2D eigenvalue weighted by Gasteiger charge is 2.18. The summed E-state index contributed by atoms with van der Waals surface area (Å²) in [4.78, 5) is 29.6. The van der Waals surface area contributed by atoms with Crippen molar-refractivity contribution < 1.29 is 28.6 Å². The lowest BCUT2D eigenvalue weighted by Crippen LogP contribution is -2.19. The average molecular weight is 514 g/mol. The van der Waals surface area contributed by atoms with Gasteiger partial charge in [0, 0.05) is 10.0 Å². The summed E-state index contributed by atoms with van der Waals surface area (Å²) in [5, 5.41) is 7.88. The van der Waals surface area contributed by atoms with Crippen molar-refractivity contribution in [1.29, 1.82) is 0 Å². The van der Waals surface area contributed by atoms with Crippen LogP contribution in [0, 0.1) is 0 Å². The van der Waals surface area contributed by atoms with Crippen molar-refractivity contribution in [3.63, 3.8) is 0 Å². The van der Waals surface area contributed by atoms with Gasteiger partial charge in [0.1, 0.15) is 5.71 Å². The minimum absolute atomic E-state index is 0.176. The molecular formula is C23H20BrN3O6. The quantitative estimate of drug-likeness (QED) is 0.341. The van der Waals surface area contributed by atoms with Crippen LogP contribution in [0.25, 0.3) is 0 Å². The summed E-state index contributed by atoms with van der Waals surface area (Å²) in [6.45, 7) is 0. The van der Waals surface area contributed by atoms with Crippen LogP contribution in [0.2, 0.25) is 0 Å². The van der Waals surface area contributed by atoms with Gasteiger partial charge in [-0.25, -0.2) is 10.2 Å². The van der Waals surface area contributed by atoms with Gasteiger partial charge in [-0.1, -0.05) is 21.1 Å². The van der Waals surface area contributed by atoms with Gasteiger partial charge in [0.25, 0.3) is 5.91 Å². The Bertz CT molecular complexity index is 1130. The summed E-state index contributed by atoms with van der Waals surface area (Å²) in [6.07, 6.45) is 6.42. The Morgan fingerprint density at radius 2 is 1.39 bits per heavy atom. The number of nitrogens with zero attached hydrogens (tertiary/aromatic N) is 2. The normalized spacial score (nSPS) is 12.1. The Morgan fingerprint density at radius 1 is 0.818 bits per heavy atom. The summed E-state index contributed by atoms with van der Waals surface area (Å²) in [5.41, 5.74) is 4.01. The summed E-state index contributed by atoms with van der Waals surface area (Å²) >= 11 is 3.32. The second-order valence-corrected chi connectivity index (χ2v) is 7.38. The summed E-state index contributed by atoms with van der Waals surface area (Å²) in [5.74, 6) is -0.0414. The predicted octanol–water partition coefficient (Wildman–Crippen LogP) is 3.90. The van der Waals surface area contributed by atoms with Crippen molar-refractivity contribution in [3.8, 4) is 17.2 Å².